The molecule has 0 aromatic rings. The van der Waals surface area contributed by atoms with Crippen molar-refractivity contribution in [1.82, 2.24) is 20.4 Å². The number of aliphatic imine (C=N–C) groups is 1. The molecule has 22 heavy (non-hydrogen) atoms. The molecular weight excluding hydrogens is 389 g/mol. The van der Waals surface area contributed by atoms with Crippen molar-refractivity contribution < 1.29 is 0 Å². The average molecular weight is 425 g/mol. The molecule has 0 spiro atoms. The fourth-order valence-electron chi connectivity index (χ4n) is 2.62. The minimum absolute atomic E-state index is 0. The fourth-order valence-corrected chi connectivity index (χ4v) is 2.62. The SMILES string of the molecule is CCCCCCNC(=NC)NCC(C)N1CCN(C)CC1.I. The Morgan fingerprint density at radius 3 is 2.36 bits per heavy atom. The van der Waals surface area contributed by atoms with Gasteiger partial charge in [-0.05, 0) is 20.4 Å². The molecule has 1 aliphatic heterocycles. The van der Waals surface area contributed by atoms with Gasteiger partial charge in [-0.3, -0.25) is 9.89 Å². The first-order valence-electron chi connectivity index (χ1n) is 8.54. The minimum atomic E-state index is 0. The molecule has 1 heterocycles. The van der Waals surface area contributed by atoms with Crippen molar-refractivity contribution in [2.24, 2.45) is 4.99 Å². The molecular formula is C16H36IN5. The number of likely N-dealkylation sites (N-methyl/N-ethyl adjacent to an activating group) is 1. The van der Waals surface area contributed by atoms with Crippen LogP contribution in [0.2, 0.25) is 0 Å². The van der Waals surface area contributed by atoms with Gasteiger partial charge in [0.1, 0.15) is 0 Å². The molecule has 0 amide bonds. The number of rotatable bonds is 8. The standard InChI is InChI=1S/C16H35N5.HI/c1-5-6-7-8-9-18-16(17-3)19-14-15(2)21-12-10-20(4)11-13-21;/h15H,5-14H2,1-4H3,(H2,17,18,19);1H. The van der Waals surface area contributed by atoms with E-state index in [1.807, 2.05) is 7.05 Å². The summed E-state index contributed by atoms with van der Waals surface area (Å²) < 4.78 is 0. The highest BCUT2D eigenvalue weighted by molar-refractivity contribution is 14.0. The summed E-state index contributed by atoms with van der Waals surface area (Å²) in [4.78, 5) is 9.26. The summed E-state index contributed by atoms with van der Waals surface area (Å²) in [6, 6.07) is 0.553. The molecule has 0 aliphatic carbocycles. The van der Waals surface area contributed by atoms with Gasteiger partial charge >= 0.3 is 0 Å². The highest BCUT2D eigenvalue weighted by atomic mass is 127. The largest absolute Gasteiger partial charge is 0.356 e. The number of nitrogens with one attached hydrogen (secondary N) is 2. The number of guanidine groups is 1. The van der Waals surface area contributed by atoms with Crippen LogP contribution in [0.25, 0.3) is 0 Å². The van der Waals surface area contributed by atoms with E-state index in [1.165, 1.54) is 51.9 Å². The van der Waals surface area contributed by atoms with Crippen molar-refractivity contribution in [2.75, 3.05) is 53.4 Å². The molecule has 0 saturated carbocycles. The number of nitrogens with zero attached hydrogens (tertiary/aromatic N) is 3. The Labute approximate surface area is 154 Å². The Morgan fingerprint density at radius 2 is 1.77 bits per heavy atom. The van der Waals surface area contributed by atoms with E-state index in [9.17, 15) is 0 Å². The van der Waals surface area contributed by atoms with Crippen LogP contribution < -0.4 is 10.6 Å². The first-order valence-corrected chi connectivity index (χ1v) is 8.54. The lowest BCUT2D eigenvalue weighted by Crippen LogP contribution is -2.52. The van der Waals surface area contributed by atoms with Gasteiger partial charge in [-0.25, -0.2) is 0 Å². The Balaban J connectivity index is 0.00000441. The average Bonchev–Trinajstić information content (AvgIpc) is 2.50. The van der Waals surface area contributed by atoms with E-state index in [4.69, 9.17) is 0 Å². The van der Waals surface area contributed by atoms with E-state index in [2.05, 4.69) is 46.3 Å². The first-order chi connectivity index (χ1) is 10.2. The predicted octanol–water partition coefficient (Wildman–Crippen LogP) is 1.99. The van der Waals surface area contributed by atoms with Gasteiger partial charge in [0.15, 0.2) is 5.96 Å². The van der Waals surface area contributed by atoms with Crippen LogP contribution >= 0.6 is 24.0 Å². The van der Waals surface area contributed by atoms with Crippen LogP contribution in [0.15, 0.2) is 4.99 Å². The van der Waals surface area contributed by atoms with Gasteiger partial charge < -0.3 is 15.5 Å². The van der Waals surface area contributed by atoms with Crippen molar-refractivity contribution >= 4 is 29.9 Å². The molecule has 2 N–H and O–H groups in total. The summed E-state index contributed by atoms with van der Waals surface area (Å²) >= 11 is 0. The molecule has 1 aliphatic rings. The van der Waals surface area contributed by atoms with E-state index in [-0.39, 0.29) is 24.0 Å². The fraction of sp³-hybridized carbons (Fsp3) is 0.938. The molecule has 1 rings (SSSR count). The summed E-state index contributed by atoms with van der Waals surface area (Å²) in [5.41, 5.74) is 0. The highest BCUT2D eigenvalue weighted by Gasteiger charge is 2.18. The van der Waals surface area contributed by atoms with Crippen LogP contribution in [0.4, 0.5) is 0 Å². The maximum Gasteiger partial charge on any atom is 0.191 e. The van der Waals surface area contributed by atoms with Crippen LogP contribution in [0.1, 0.15) is 39.5 Å². The third-order valence-electron chi connectivity index (χ3n) is 4.27. The van der Waals surface area contributed by atoms with Crippen LogP contribution in [-0.4, -0.2) is 75.2 Å². The van der Waals surface area contributed by atoms with Crippen molar-refractivity contribution in [3.05, 3.63) is 0 Å². The number of halogens is 1. The lowest BCUT2D eigenvalue weighted by Gasteiger charge is -2.36. The topological polar surface area (TPSA) is 42.9 Å². The number of hydrogen-bond donors (Lipinski definition) is 2. The van der Waals surface area contributed by atoms with Crippen LogP contribution in [0.5, 0.6) is 0 Å². The summed E-state index contributed by atoms with van der Waals surface area (Å²) in [6.45, 7) is 11.2. The van der Waals surface area contributed by atoms with Crippen molar-refractivity contribution in [1.29, 1.82) is 0 Å². The van der Waals surface area contributed by atoms with Gasteiger partial charge in [0.25, 0.3) is 0 Å². The normalized spacial score (nSPS) is 18.6. The van der Waals surface area contributed by atoms with Gasteiger partial charge in [0, 0.05) is 52.4 Å². The summed E-state index contributed by atoms with van der Waals surface area (Å²) in [7, 11) is 4.05. The maximum absolute atomic E-state index is 4.30. The lowest BCUT2D eigenvalue weighted by molar-refractivity contribution is 0.120. The molecule has 132 valence electrons. The molecule has 0 bridgehead atoms. The molecule has 1 saturated heterocycles. The van der Waals surface area contributed by atoms with Gasteiger partial charge in [-0.15, -0.1) is 24.0 Å². The second-order valence-corrected chi connectivity index (χ2v) is 6.13. The van der Waals surface area contributed by atoms with E-state index >= 15 is 0 Å². The number of piperazine rings is 1. The highest BCUT2D eigenvalue weighted by Crippen LogP contribution is 2.04. The van der Waals surface area contributed by atoms with Gasteiger partial charge in [-0.1, -0.05) is 26.2 Å². The third kappa shape index (κ3) is 9.15. The van der Waals surface area contributed by atoms with Gasteiger partial charge in [0.05, 0.1) is 0 Å². The van der Waals surface area contributed by atoms with Crippen LogP contribution in [-0.2, 0) is 0 Å². The summed E-state index contributed by atoms with van der Waals surface area (Å²) in [5.74, 6) is 0.937. The molecule has 0 radical (unpaired) electrons. The number of hydrogen-bond acceptors (Lipinski definition) is 3. The van der Waals surface area contributed by atoms with Gasteiger partial charge in [0.2, 0.25) is 0 Å². The van der Waals surface area contributed by atoms with E-state index in [0.717, 1.165) is 19.0 Å². The molecule has 1 unspecified atom stereocenters. The zero-order chi connectivity index (χ0) is 15.5. The zero-order valence-electron chi connectivity index (χ0n) is 14.9. The minimum Gasteiger partial charge on any atom is -0.356 e. The predicted molar refractivity (Wildman–Crippen MR) is 107 cm³/mol. The molecule has 0 aromatic carbocycles. The van der Waals surface area contributed by atoms with Crippen LogP contribution in [0.3, 0.4) is 0 Å². The molecule has 1 atom stereocenters. The van der Waals surface area contributed by atoms with E-state index < -0.39 is 0 Å². The molecule has 0 aromatic heterocycles. The van der Waals surface area contributed by atoms with E-state index in [1.54, 1.807) is 0 Å². The zero-order valence-corrected chi connectivity index (χ0v) is 17.2. The van der Waals surface area contributed by atoms with Crippen LogP contribution in [0, 0.1) is 0 Å². The second-order valence-electron chi connectivity index (χ2n) is 6.13. The maximum atomic E-state index is 4.30. The smallest absolute Gasteiger partial charge is 0.191 e. The van der Waals surface area contributed by atoms with Crippen molar-refractivity contribution in [3.8, 4) is 0 Å². The molecule has 1 fully saturated rings. The summed E-state index contributed by atoms with van der Waals surface area (Å²) in [6.07, 6.45) is 5.14. The molecule has 5 nitrogen and oxygen atoms in total. The first kappa shape index (κ1) is 21.9. The quantitative estimate of drug-likeness (QED) is 0.270. The van der Waals surface area contributed by atoms with Crippen molar-refractivity contribution in [3.63, 3.8) is 0 Å². The lowest BCUT2D eigenvalue weighted by atomic mass is 10.2. The molecule has 6 heteroatoms. The Bertz CT molecular complexity index is 290. The Kier molecular flexibility index (Phi) is 13.3. The van der Waals surface area contributed by atoms with Gasteiger partial charge in [-0.2, -0.15) is 0 Å². The number of unbranched alkanes of at least 4 members (excludes halogenated alkanes) is 3. The van der Waals surface area contributed by atoms with E-state index in [0.29, 0.717) is 6.04 Å². The summed E-state index contributed by atoms with van der Waals surface area (Å²) in [5, 5.41) is 6.86. The Hall–Kier alpha value is -0.0800. The second kappa shape index (κ2) is 13.4. The van der Waals surface area contributed by atoms with Crippen molar-refractivity contribution in [2.45, 2.75) is 45.6 Å². The Morgan fingerprint density at radius 1 is 1.09 bits per heavy atom. The monoisotopic (exact) mass is 425 g/mol. The third-order valence-corrected chi connectivity index (χ3v) is 4.27.